The van der Waals surface area contributed by atoms with Gasteiger partial charge in [-0.05, 0) is 23.1 Å². The Morgan fingerprint density at radius 1 is 1.19 bits per heavy atom. The van der Waals surface area contributed by atoms with Crippen LogP contribution in [0.5, 0.6) is 0 Å². The molecule has 6 nitrogen and oxygen atoms in total. The molecule has 2 rings (SSSR count). The fourth-order valence-corrected chi connectivity index (χ4v) is 2.69. The first-order valence-corrected chi connectivity index (χ1v) is 7.84. The van der Waals surface area contributed by atoms with E-state index < -0.39 is 16.1 Å². The Morgan fingerprint density at radius 2 is 1.81 bits per heavy atom. The first-order chi connectivity index (χ1) is 9.70. The number of rotatable bonds is 2. The van der Waals surface area contributed by atoms with E-state index in [0.29, 0.717) is 0 Å². The van der Waals surface area contributed by atoms with Gasteiger partial charge in [-0.1, -0.05) is 32.9 Å². The number of hydrogen-bond acceptors (Lipinski definition) is 4. The van der Waals surface area contributed by atoms with E-state index in [1.54, 1.807) is 12.1 Å². The van der Waals surface area contributed by atoms with Crippen LogP contribution in [0.2, 0.25) is 0 Å². The molecule has 1 aromatic heterocycles. The van der Waals surface area contributed by atoms with Crippen LogP contribution < -0.4 is 4.72 Å². The van der Waals surface area contributed by atoms with E-state index in [0.717, 1.165) is 10.1 Å². The maximum absolute atomic E-state index is 12.1. The fourth-order valence-electron chi connectivity index (χ4n) is 1.74. The van der Waals surface area contributed by atoms with Gasteiger partial charge in [0.15, 0.2) is 0 Å². The molecule has 0 aliphatic carbocycles. The van der Waals surface area contributed by atoms with E-state index in [1.807, 2.05) is 25.5 Å². The van der Waals surface area contributed by atoms with Gasteiger partial charge in [0.05, 0.1) is 4.90 Å². The van der Waals surface area contributed by atoms with Crippen molar-refractivity contribution in [3.05, 3.63) is 48.5 Å². The van der Waals surface area contributed by atoms with Crippen LogP contribution >= 0.6 is 0 Å². The van der Waals surface area contributed by atoms with Gasteiger partial charge in [-0.25, -0.2) is 22.9 Å². The monoisotopic (exact) mass is 307 g/mol. The zero-order valence-corrected chi connectivity index (χ0v) is 12.9. The Hall–Kier alpha value is -2.15. The van der Waals surface area contributed by atoms with Crippen molar-refractivity contribution in [2.45, 2.75) is 31.1 Å². The van der Waals surface area contributed by atoms with E-state index in [9.17, 15) is 13.2 Å². The van der Waals surface area contributed by atoms with Crippen LogP contribution in [-0.4, -0.2) is 24.0 Å². The lowest BCUT2D eigenvalue weighted by Crippen LogP contribution is -2.33. The number of carbonyl (C=O) groups is 1. The minimum atomic E-state index is -3.90. The number of hydrogen-bond donors (Lipinski definition) is 1. The lowest BCUT2D eigenvalue weighted by atomic mass is 9.87. The molecule has 2 aromatic rings. The van der Waals surface area contributed by atoms with E-state index in [2.05, 4.69) is 4.98 Å². The highest BCUT2D eigenvalue weighted by molar-refractivity contribution is 7.90. The van der Waals surface area contributed by atoms with Gasteiger partial charge in [0.25, 0.3) is 10.0 Å². The molecule has 0 aliphatic heterocycles. The summed E-state index contributed by atoms with van der Waals surface area (Å²) in [7, 11) is -3.90. The van der Waals surface area contributed by atoms with Crippen LogP contribution in [0.25, 0.3) is 0 Å². The van der Waals surface area contributed by atoms with E-state index in [1.165, 1.54) is 30.9 Å². The van der Waals surface area contributed by atoms with Crippen LogP contribution in [0.3, 0.4) is 0 Å². The van der Waals surface area contributed by atoms with Gasteiger partial charge in [0.2, 0.25) is 0 Å². The van der Waals surface area contributed by atoms with Crippen molar-refractivity contribution >= 4 is 16.1 Å². The Morgan fingerprint density at radius 3 is 2.29 bits per heavy atom. The molecule has 0 aliphatic rings. The van der Waals surface area contributed by atoms with Crippen molar-refractivity contribution < 1.29 is 13.2 Å². The molecule has 1 aromatic carbocycles. The highest BCUT2D eigenvalue weighted by Gasteiger charge is 2.20. The number of benzene rings is 1. The van der Waals surface area contributed by atoms with Gasteiger partial charge in [-0.3, -0.25) is 4.57 Å². The van der Waals surface area contributed by atoms with Gasteiger partial charge in [0.1, 0.15) is 6.33 Å². The van der Waals surface area contributed by atoms with Crippen molar-refractivity contribution in [1.82, 2.24) is 14.3 Å². The van der Waals surface area contributed by atoms with Gasteiger partial charge in [-0.2, -0.15) is 0 Å². The predicted molar refractivity (Wildman–Crippen MR) is 78.5 cm³/mol. The van der Waals surface area contributed by atoms with Crippen LogP contribution in [-0.2, 0) is 15.4 Å². The summed E-state index contributed by atoms with van der Waals surface area (Å²) in [4.78, 5) is 15.5. The average Bonchev–Trinajstić information content (AvgIpc) is 2.91. The Kier molecular flexibility index (Phi) is 3.87. The Balaban J connectivity index is 2.22. The van der Waals surface area contributed by atoms with Crippen molar-refractivity contribution in [1.29, 1.82) is 0 Å². The normalized spacial score (nSPS) is 12.1. The second kappa shape index (κ2) is 5.33. The summed E-state index contributed by atoms with van der Waals surface area (Å²) in [6.07, 6.45) is 3.99. The third-order valence-corrected chi connectivity index (χ3v) is 4.33. The molecule has 0 spiro atoms. The number of imidazole rings is 1. The maximum atomic E-state index is 12.1. The number of nitrogens with one attached hydrogen (secondary N) is 1. The van der Waals surface area contributed by atoms with Gasteiger partial charge < -0.3 is 0 Å². The molecule has 1 N–H and O–H groups in total. The topological polar surface area (TPSA) is 81.1 Å². The molecule has 0 saturated heterocycles. The Bertz CT molecular complexity index is 727. The first kappa shape index (κ1) is 15.2. The summed E-state index contributed by atoms with van der Waals surface area (Å²) >= 11 is 0. The molecule has 7 heteroatoms. The first-order valence-electron chi connectivity index (χ1n) is 6.36. The summed E-state index contributed by atoms with van der Waals surface area (Å²) in [6, 6.07) is 5.70. The van der Waals surface area contributed by atoms with Gasteiger partial charge >= 0.3 is 6.03 Å². The van der Waals surface area contributed by atoms with Crippen molar-refractivity contribution in [2.24, 2.45) is 0 Å². The molecule has 0 atom stereocenters. The number of carbonyl (C=O) groups excluding carboxylic acids is 1. The van der Waals surface area contributed by atoms with Crippen LogP contribution in [0.4, 0.5) is 4.79 Å². The molecule has 0 unspecified atom stereocenters. The highest BCUT2D eigenvalue weighted by Crippen LogP contribution is 2.23. The van der Waals surface area contributed by atoms with E-state index in [4.69, 9.17) is 0 Å². The standard InChI is InChI=1S/C14H17N3O3S/c1-14(2,3)11-4-6-12(7-5-11)21(19,20)16-13(18)17-9-8-15-10-17/h4-10H,1-3H3,(H,16,18). The van der Waals surface area contributed by atoms with Crippen LogP contribution in [0, 0.1) is 0 Å². The minimum absolute atomic E-state index is 0.0453. The zero-order valence-electron chi connectivity index (χ0n) is 12.1. The molecular weight excluding hydrogens is 290 g/mol. The lowest BCUT2D eigenvalue weighted by molar-refractivity contribution is 0.247. The Labute approximate surface area is 123 Å². The van der Waals surface area contributed by atoms with Crippen molar-refractivity contribution in [3.63, 3.8) is 0 Å². The van der Waals surface area contributed by atoms with Gasteiger partial charge in [0, 0.05) is 12.4 Å². The molecule has 0 saturated carbocycles. The fraction of sp³-hybridized carbons (Fsp3) is 0.286. The van der Waals surface area contributed by atoms with E-state index >= 15 is 0 Å². The highest BCUT2D eigenvalue weighted by atomic mass is 32.2. The summed E-state index contributed by atoms with van der Waals surface area (Å²) in [5, 5.41) is 0. The quantitative estimate of drug-likeness (QED) is 0.921. The second-order valence-corrected chi connectivity index (χ2v) is 7.34. The minimum Gasteiger partial charge on any atom is -0.257 e. The second-order valence-electron chi connectivity index (χ2n) is 5.65. The largest absolute Gasteiger partial charge is 0.340 e. The van der Waals surface area contributed by atoms with Crippen molar-refractivity contribution in [3.8, 4) is 0 Å². The zero-order chi connectivity index (χ0) is 15.7. The maximum Gasteiger partial charge on any atom is 0.340 e. The van der Waals surface area contributed by atoms with E-state index in [-0.39, 0.29) is 10.3 Å². The summed E-state index contributed by atoms with van der Waals surface area (Å²) in [5.74, 6) is 0. The molecule has 0 radical (unpaired) electrons. The van der Waals surface area contributed by atoms with Crippen molar-refractivity contribution in [2.75, 3.05) is 0 Å². The molecule has 1 amide bonds. The SMILES string of the molecule is CC(C)(C)c1ccc(S(=O)(=O)NC(=O)n2ccnc2)cc1. The summed E-state index contributed by atoms with van der Waals surface area (Å²) < 4.78 is 27.3. The number of sulfonamides is 1. The van der Waals surface area contributed by atoms with Gasteiger partial charge in [-0.15, -0.1) is 0 Å². The number of nitrogens with zero attached hydrogens (tertiary/aromatic N) is 2. The lowest BCUT2D eigenvalue weighted by Gasteiger charge is -2.19. The smallest absolute Gasteiger partial charge is 0.257 e. The molecule has 1 heterocycles. The average molecular weight is 307 g/mol. The third kappa shape index (κ3) is 3.49. The molecule has 0 bridgehead atoms. The van der Waals surface area contributed by atoms with Crippen LogP contribution in [0.15, 0.2) is 47.9 Å². The molecule has 21 heavy (non-hydrogen) atoms. The number of amides is 1. The predicted octanol–water partition coefficient (Wildman–Crippen LogP) is 2.13. The number of aromatic nitrogens is 2. The summed E-state index contributed by atoms with van der Waals surface area (Å²) in [5.41, 5.74) is 0.949. The molecular formula is C14H17N3O3S. The summed E-state index contributed by atoms with van der Waals surface area (Å²) in [6.45, 7) is 6.12. The molecule has 112 valence electrons. The van der Waals surface area contributed by atoms with Crippen LogP contribution in [0.1, 0.15) is 26.3 Å². The third-order valence-electron chi connectivity index (χ3n) is 2.99. The molecule has 0 fully saturated rings.